The fourth-order valence-corrected chi connectivity index (χ4v) is 4.51. The number of hydrogen-bond donors (Lipinski definition) is 1. The van der Waals surface area contributed by atoms with Gasteiger partial charge in [0.1, 0.15) is 11.5 Å². The van der Waals surface area contributed by atoms with Gasteiger partial charge in [-0.3, -0.25) is 0 Å². The number of rotatable bonds is 2. The minimum absolute atomic E-state index is 0.139. The lowest BCUT2D eigenvalue weighted by molar-refractivity contribution is 0.337. The van der Waals surface area contributed by atoms with Crippen LogP contribution in [-0.2, 0) is 18.3 Å². The summed E-state index contributed by atoms with van der Waals surface area (Å²) >= 11 is 0. The molecule has 0 radical (unpaired) electrons. The monoisotopic (exact) mass is 273 g/mol. The SMILES string of the molecule is Cc1c2c(c(C3(CN)CCCC3)c3c1OCC3)OCC2. The van der Waals surface area contributed by atoms with Crippen LogP contribution in [0.1, 0.15) is 47.9 Å². The molecule has 1 saturated carbocycles. The third kappa shape index (κ3) is 1.50. The molecule has 0 saturated heterocycles. The van der Waals surface area contributed by atoms with E-state index in [4.69, 9.17) is 15.2 Å². The van der Waals surface area contributed by atoms with E-state index < -0.39 is 0 Å². The van der Waals surface area contributed by atoms with Crippen molar-refractivity contribution in [3.05, 3.63) is 22.3 Å². The van der Waals surface area contributed by atoms with Gasteiger partial charge >= 0.3 is 0 Å². The van der Waals surface area contributed by atoms with Gasteiger partial charge < -0.3 is 15.2 Å². The lowest BCUT2D eigenvalue weighted by atomic mass is 9.74. The van der Waals surface area contributed by atoms with E-state index in [1.807, 2.05) is 0 Å². The summed E-state index contributed by atoms with van der Waals surface area (Å²) in [7, 11) is 0. The molecule has 0 spiro atoms. The van der Waals surface area contributed by atoms with Crippen molar-refractivity contribution in [2.45, 2.75) is 50.9 Å². The van der Waals surface area contributed by atoms with E-state index in [1.165, 1.54) is 53.7 Å². The molecular formula is C17H23NO2. The van der Waals surface area contributed by atoms with Crippen LogP contribution in [0.5, 0.6) is 11.5 Å². The van der Waals surface area contributed by atoms with Crippen molar-refractivity contribution in [1.82, 2.24) is 0 Å². The smallest absolute Gasteiger partial charge is 0.127 e. The minimum atomic E-state index is 0.139. The maximum absolute atomic E-state index is 6.23. The number of hydrogen-bond acceptors (Lipinski definition) is 3. The van der Waals surface area contributed by atoms with Gasteiger partial charge in [0, 0.05) is 41.5 Å². The molecule has 2 heterocycles. The van der Waals surface area contributed by atoms with Crippen molar-refractivity contribution in [3.63, 3.8) is 0 Å². The Bertz CT molecular complexity index is 524. The fourth-order valence-electron chi connectivity index (χ4n) is 4.51. The molecule has 2 aliphatic heterocycles. The zero-order valence-electron chi connectivity index (χ0n) is 12.3. The van der Waals surface area contributed by atoms with Gasteiger partial charge in [0.25, 0.3) is 0 Å². The van der Waals surface area contributed by atoms with Crippen molar-refractivity contribution in [3.8, 4) is 11.5 Å². The molecule has 0 bridgehead atoms. The van der Waals surface area contributed by atoms with E-state index in [1.54, 1.807) is 0 Å². The second-order valence-corrected chi connectivity index (χ2v) is 6.50. The molecule has 0 atom stereocenters. The summed E-state index contributed by atoms with van der Waals surface area (Å²) in [5, 5.41) is 0. The van der Waals surface area contributed by atoms with E-state index in [2.05, 4.69) is 6.92 Å². The van der Waals surface area contributed by atoms with Crippen molar-refractivity contribution < 1.29 is 9.47 Å². The zero-order valence-corrected chi connectivity index (χ0v) is 12.3. The molecule has 0 aromatic heterocycles. The van der Waals surface area contributed by atoms with Gasteiger partial charge in [-0.1, -0.05) is 12.8 Å². The third-order valence-electron chi connectivity index (χ3n) is 5.55. The molecule has 0 unspecified atom stereocenters. The van der Waals surface area contributed by atoms with E-state index in [-0.39, 0.29) is 5.41 Å². The van der Waals surface area contributed by atoms with Crippen molar-refractivity contribution in [2.75, 3.05) is 19.8 Å². The van der Waals surface area contributed by atoms with Crippen LogP contribution >= 0.6 is 0 Å². The first-order valence-corrected chi connectivity index (χ1v) is 7.91. The maximum Gasteiger partial charge on any atom is 0.127 e. The van der Waals surface area contributed by atoms with Crippen LogP contribution in [0.3, 0.4) is 0 Å². The summed E-state index contributed by atoms with van der Waals surface area (Å²) < 4.78 is 12.0. The van der Waals surface area contributed by atoms with Crippen LogP contribution in [0.25, 0.3) is 0 Å². The largest absolute Gasteiger partial charge is 0.493 e. The fraction of sp³-hybridized carbons (Fsp3) is 0.647. The van der Waals surface area contributed by atoms with Gasteiger partial charge in [0.2, 0.25) is 0 Å². The third-order valence-corrected chi connectivity index (χ3v) is 5.55. The number of ether oxygens (including phenoxy) is 2. The first-order valence-electron chi connectivity index (χ1n) is 7.91. The topological polar surface area (TPSA) is 44.5 Å². The van der Waals surface area contributed by atoms with Gasteiger partial charge in [0.15, 0.2) is 0 Å². The molecule has 20 heavy (non-hydrogen) atoms. The lowest BCUT2D eigenvalue weighted by Gasteiger charge is -2.32. The van der Waals surface area contributed by atoms with Gasteiger partial charge in [-0.2, -0.15) is 0 Å². The quantitative estimate of drug-likeness (QED) is 0.901. The van der Waals surface area contributed by atoms with Crippen molar-refractivity contribution in [2.24, 2.45) is 5.73 Å². The summed E-state index contributed by atoms with van der Waals surface area (Å²) in [5.74, 6) is 2.31. The highest BCUT2D eigenvalue weighted by molar-refractivity contribution is 5.64. The number of benzene rings is 1. The number of fused-ring (bicyclic) bond motifs is 2. The van der Waals surface area contributed by atoms with Gasteiger partial charge in [-0.15, -0.1) is 0 Å². The Labute approximate surface area is 120 Å². The Hall–Kier alpha value is -1.22. The molecule has 4 rings (SSSR count). The molecule has 1 aliphatic carbocycles. The Balaban J connectivity index is 1.99. The zero-order chi connectivity index (χ0) is 13.7. The first kappa shape index (κ1) is 12.5. The lowest BCUT2D eigenvalue weighted by Crippen LogP contribution is -2.33. The molecule has 3 heteroatoms. The van der Waals surface area contributed by atoms with E-state index >= 15 is 0 Å². The molecule has 2 N–H and O–H groups in total. The maximum atomic E-state index is 6.23. The summed E-state index contributed by atoms with van der Waals surface area (Å²) in [5.41, 5.74) is 11.9. The summed E-state index contributed by atoms with van der Waals surface area (Å²) in [4.78, 5) is 0. The Morgan fingerprint density at radius 1 is 1.00 bits per heavy atom. The molecule has 1 aromatic carbocycles. The average Bonchev–Trinajstić information content (AvgIpc) is 3.20. The predicted octanol–water partition coefficient (Wildman–Crippen LogP) is 2.64. The molecule has 1 fully saturated rings. The van der Waals surface area contributed by atoms with Gasteiger partial charge in [-0.25, -0.2) is 0 Å². The summed E-state index contributed by atoms with van der Waals surface area (Å²) in [6.45, 7) is 4.54. The molecule has 108 valence electrons. The van der Waals surface area contributed by atoms with Gasteiger partial charge in [0.05, 0.1) is 13.2 Å². The predicted molar refractivity (Wildman–Crippen MR) is 78.8 cm³/mol. The van der Waals surface area contributed by atoms with Crippen LogP contribution in [0, 0.1) is 6.92 Å². The normalized spacial score (nSPS) is 22.3. The minimum Gasteiger partial charge on any atom is -0.493 e. The van der Waals surface area contributed by atoms with Gasteiger partial charge in [-0.05, 0) is 25.3 Å². The van der Waals surface area contributed by atoms with Crippen LogP contribution in [-0.4, -0.2) is 19.8 Å². The van der Waals surface area contributed by atoms with Crippen molar-refractivity contribution >= 4 is 0 Å². The highest BCUT2D eigenvalue weighted by atomic mass is 16.5. The van der Waals surface area contributed by atoms with E-state index in [0.717, 1.165) is 38.3 Å². The average molecular weight is 273 g/mol. The van der Waals surface area contributed by atoms with Crippen LogP contribution in [0.15, 0.2) is 0 Å². The molecule has 3 aliphatic rings. The van der Waals surface area contributed by atoms with Crippen LogP contribution < -0.4 is 15.2 Å². The molecule has 3 nitrogen and oxygen atoms in total. The van der Waals surface area contributed by atoms with Crippen LogP contribution in [0.4, 0.5) is 0 Å². The highest BCUT2D eigenvalue weighted by Crippen LogP contribution is 2.53. The van der Waals surface area contributed by atoms with Crippen LogP contribution in [0.2, 0.25) is 0 Å². The molecule has 0 amide bonds. The molecular weight excluding hydrogens is 250 g/mol. The first-order chi connectivity index (χ1) is 9.77. The number of nitrogens with two attached hydrogens (primary N) is 1. The Morgan fingerprint density at radius 3 is 2.35 bits per heavy atom. The van der Waals surface area contributed by atoms with Crippen molar-refractivity contribution in [1.29, 1.82) is 0 Å². The van der Waals surface area contributed by atoms with E-state index in [0.29, 0.717) is 0 Å². The Kier molecular flexibility index (Phi) is 2.75. The summed E-state index contributed by atoms with van der Waals surface area (Å²) in [6, 6.07) is 0. The van der Waals surface area contributed by atoms with E-state index in [9.17, 15) is 0 Å². The molecule has 1 aromatic rings. The Morgan fingerprint density at radius 2 is 1.65 bits per heavy atom. The second-order valence-electron chi connectivity index (χ2n) is 6.50. The summed E-state index contributed by atoms with van der Waals surface area (Å²) in [6.07, 6.45) is 7.02. The standard InChI is InChI=1S/C17H23NO2/c1-11-12-4-8-20-16(12)14(13-5-9-19-15(11)13)17(10-18)6-2-3-7-17/h2-10,18H2,1H3. The second kappa shape index (κ2) is 4.39. The highest BCUT2D eigenvalue weighted by Gasteiger charge is 2.42.